The van der Waals surface area contributed by atoms with E-state index in [-0.39, 0.29) is 36.2 Å². The van der Waals surface area contributed by atoms with E-state index in [4.69, 9.17) is 4.74 Å². The largest absolute Gasteiger partial charge is 0.477 e. The second kappa shape index (κ2) is 9.14. The summed E-state index contributed by atoms with van der Waals surface area (Å²) in [6, 6.07) is -0.825. The van der Waals surface area contributed by atoms with Gasteiger partial charge in [-0.2, -0.15) is 0 Å². The van der Waals surface area contributed by atoms with Crippen molar-refractivity contribution in [1.82, 2.24) is 10.2 Å². The monoisotopic (exact) mass is 449 g/mol. The van der Waals surface area contributed by atoms with Crippen LogP contribution in [-0.2, 0) is 28.8 Å². The van der Waals surface area contributed by atoms with Crippen molar-refractivity contribution < 1.29 is 33.9 Å². The minimum absolute atomic E-state index is 0.0896. The third-order valence-electron chi connectivity index (χ3n) is 3.63. The molecule has 0 aromatic carbocycles. The molecule has 2 atom stereocenters. The second-order valence-electron chi connectivity index (χ2n) is 5.31. The number of ether oxygens (including phenoxy) is 1. The van der Waals surface area contributed by atoms with Crippen LogP contribution in [0.3, 0.4) is 0 Å². The third kappa shape index (κ3) is 4.24. The number of oxime groups is 1. The molecule has 1 fully saturated rings. The van der Waals surface area contributed by atoms with Gasteiger partial charge < -0.3 is 20.0 Å². The van der Waals surface area contributed by atoms with Gasteiger partial charge in [-0.15, -0.1) is 11.8 Å². The molecule has 0 radical (unpaired) electrons. The number of halogens is 1. The Morgan fingerprint density at radius 2 is 2.27 bits per heavy atom. The minimum atomic E-state index is -1.21. The number of carboxylic acids is 1. The molecule has 142 valence electrons. The number of amides is 2. The van der Waals surface area contributed by atoms with Crippen molar-refractivity contribution in [2.24, 2.45) is 5.16 Å². The number of carbonyl (C=O) groups excluding carboxylic acids is 3. The predicted octanol–water partition coefficient (Wildman–Crippen LogP) is -0.315. The smallest absolute Gasteiger partial charge is 0.352 e. The molecule has 0 aromatic heterocycles. The van der Waals surface area contributed by atoms with E-state index in [1.807, 2.05) is 0 Å². The topological polar surface area (TPSA) is 135 Å². The van der Waals surface area contributed by atoms with E-state index in [1.165, 1.54) is 23.8 Å². The second-order valence-corrected chi connectivity index (χ2v) is 6.98. The van der Waals surface area contributed by atoms with Crippen molar-refractivity contribution in [3.63, 3.8) is 0 Å². The number of hydrogen-bond acceptors (Lipinski definition) is 8. The Morgan fingerprint density at radius 1 is 1.54 bits per heavy atom. The lowest BCUT2D eigenvalue weighted by Gasteiger charge is -2.49. The zero-order chi connectivity index (χ0) is 19.3. The SMILES string of the molecule is COCC1=C(C(=O)O)N2C(=O)C(NC(=O)C/C(CBr)=N/OC=O)C2SC1. The first-order chi connectivity index (χ1) is 12.4. The highest BCUT2D eigenvalue weighted by molar-refractivity contribution is 9.09. The molecule has 10 nitrogen and oxygen atoms in total. The summed E-state index contributed by atoms with van der Waals surface area (Å²) in [7, 11) is 1.45. The average molecular weight is 450 g/mol. The molecule has 2 amide bonds. The quantitative estimate of drug-likeness (QED) is 0.122. The van der Waals surface area contributed by atoms with Crippen LogP contribution in [0.2, 0.25) is 0 Å². The van der Waals surface area contributed by atoms with Crippen LogP contribution in [0.4, 0.5) is 0 Å². The van der Waals surface area contributed by atoms with Gasteiger partial charge in [0.15, 0.2) is 0 Å². The highest BCUT2D eigenvalue weighted by Gasteiger charge is 2.54. The molecule has 0 saturated carbocycles. The molecule has 0 spiro atoms. The zero-order valence-electron chi connectivity index (χ0n) is 13.6. The molecule has 2 rings (SSSR count). The maximum Gasteiger partial charge on any atom is 0.352 e. The van der Waals surface area contributed by atoms with Crippen molar-refractivity contribution in [2.75, 3.05) is 24.8 Å². The molecule has 12 heteroatoms. The number of fused-ring (bicyclic) bond motifs is 1. The van der Waals surface area contributed by atoms with E-state index in [2.05, 4.69) is 31.2 Å². The first-order valence-corrected chi connectivity index (χ1v) is 9.51. The standard InChI is InChI=1S/C14H16BrN3O7S/c1-24-4-7-5-26-13-10(12(21)18(13)11(7)14(22)23)16-9(20)2-8(3-15)17-25-6-19/h6,10,13H,2-5H2,1H3,(H,16,20)(H,22,23)/b17-8-. The van der Waals surface area contributed by atoms with E-state index in [1.54, 1.807) is 0 Å². The third-order valence-corrected chi connectivity index (χ3v) is 5.62. The number of rotatable bonds is 9. The molecule has 2 aliphatic rings. The number of nitrogens with zero attached hydrogens (tertiary/aromatic N) is 2. The Bertz CT molecular complexity index is 681. The molecular weight excluding hydrogens is 434 g/mol. The fourth-order valence-electron chi connectivity index (χ4n) is 2.58. The molecule has 2 unspecified atom stereocenters. The molecule has 2 N–H and O–H groups in total. The first-order valence-electron chi connectivity index (χ1n) is 7.34. The van der Waals surface area contributed by atoms with Crippen LogP contribution in [0.5, 0.6) is 0 Å². The van der Waals surface area contributed by atoms with Gasteiger partial charge >= 0.3 is 12.4 Å². The lowest BCUT2D eigenvalue weighted by Crippen LogP contribution is -2.70. The summed E-state index contributed by atoms with van der Waals surface area (Å²) in [4.78, 5) is 51.6. The Hall–Kier alpha value is -1.92. The van der Waals surface area contributed by atoms with Crippen LogP contribution in [0.25, 0.3) is 0 Å². The summed E-state index contributed by atoms with van der Waals surface area (Å²) in [5.41, 5.74) is 0.690. The number of β-lactam (4-membered cyclic amide) rings is 1. The molecule has 2 heterocycles. The van der Waals surface area contributed by atoms with Crippen LogP contribution >= 0.6 is 27.7 Å². The Kier molecular flexibility index (Phi) is 7.17. The average Bonchev–Trinajstić information content (AvgIpc) is 2.62. The van der Waals surface area contributed by atoms with Gasteiger partial charge in [0.1, 0.15) is 17.1 Å². The lowest BCUT2D eigenvalue weighted by molar-refractivity contribution is -0.150. The van der Waals surface area contributed by atoms with Crippen molar-refractivity contribution in [2.45, 2.75) is 17.8 Å². The molecular formula is C14H16BrN3O7S. The normalized spacial score (nSPS) is 22.5. The van der Waals surface area contributed by atoms with Gasteiger partial charge in [0, 0.05) is 18.2 Å². The van der Waals surface area contributed by atoms with Crippen LogP contribution in [-0.4, -0.2) is 76.2 Å². The van der Waals surface area contributed by atoms with Crippen LogP contribution in [0.1, 0.15) is 6.42 Å². The highest BCUT2D eigenvalue weighted by atomic mass is 79.9. The summed E-state index contributed by atoms with van der Waals surface area (Å²) in [6.07, 6.45) is -0.170. The lowest BCUT2D eigenvalue weighted by atomic mass is 10.0. The predicted molar refractivity (Wildman–Crippen MR) is 94.6 cm³/mol. The van der Waals surface area contributed by atoms with Crippen molar-refractivity contribution in [3.8, 4) is 0 Å². The molecule has 0 aliphatic carbocycles. The van der Waals surface area contributed by atoms with Gasteiger partial charge in [-0.05, 0) is 5.57 Å². The molecule has 26 heavy (non-hydrogen) atoms. The van der Waals surface area contributed by atoms with Gasteiger partial charge in [0.05, 0.1) is 18.7 Å². The number of carboxylic acid groups (broad SMARTS) is 1. The van der Waals surface area contributed by atoms with E-state index < -0.39 is 29.2 Å². The van der Waals surface area contributed by atoms with Gasteiger partial charge in [-0.3, -0.25) is 19.3 Å². The fourth-order valence-corrected chi connectivity index (χ4v) is 4.21. The van der Waals surface area contributed by atoms with E-state index >= 15 is 0 Å². The molecule has 1 saturated heterocycles. The maximum absolute atomic E-state index is 12.4. The molecule has 2 aliphatic heterocycles. The number of aliphatic carboxylic acids is 1. The highest BCUT2D eigenvalue weighted by Crippen LogP contribution is 2.40. The Labute approximate surface area is 161 Å². The Morgan fingerprint density at radius 3 is 2.85 bits per heavy atom. The number of thioether (sulfide) groups is 1. The van der Waals surface area contributed by atoms with Gasteiger partial charge in [0.25, 0.3) is 5.91 Å². The van der Waals surface area contributed by atoms with Crippen LogP contribution < -0.4 is 5.32 Å². The van der Waals surface area contributed by atoms with Crippen molar-refractivity contribution >= 4 is 57.7 Å². The Balaban J connectivity index is 2.05. The van der Waals surface area contributed by atoms with Crippen LogP contribution in [0, 0.1) is 0 Å². The summed E-state index contributed by atoms with van der Waals surface area (Å²) in [6.45, 7) is 0.244. The van der Waals surface area contributed by atoms with Crippen molar-refractivity contribution in [3.05, 3.63) is 11.3 Å². The maximum atomic E-state index is 12.4. The van der Waals surface area contributed by atoms with E-state index in [0.29, 0.717) is 11.3 Å². The summed E-state index contributed by atoms with van der Waals surface area (Å²) in [5, 5.41) is 15.2. The molecule has 0 bridgehead atoms. The molecule has 0 aromatic rings. The van der Waals surface area contributed by atoms with Crippen LogP contribution in [0.15, 0.2) is 16.4 Å². The van der Waals surface area contributed by atoms with Crippen molar-refractivity contribution in [1.29, 1.82) is 0 Å². The van der Waals surface area contributed by atoms with E-state index in [9.17, 15) is 24.3 Å². The fraction of sp³-hybridized carbons (Fsp3) is 0.500. The number of methoxy groups -OCH3 is 1. The van der Waals surface area contributed by atoms with Gasteiger partial charge in [0.2, 0.25) is 5.91 Å². The van der Waals surface area contributed by atoms with E-state index in [0.717, 1.165) is 0 Å². The summed E-state index contributed by atoms with van der Waals surface area (Å²) >= 11 is 4.47. The zero-order valence-corrected chi connectivity index (χ0v) is 16.0. The number of nitrogens with one attached hydrogen (secondary N) is 1. The summed E-state index contributed by atoms with van der Waals surface area (Å²) < 4.78 is 4.99. The minimum Gasteiger partial charge on any atom is -0.477 e. The number of alkyl halides is 1. The van der Waals surface area contributed by atoms with Gasteiger partial charge in [-0.1, -0.05) is 21.1 Å². The summed E-state index contributed by atoms with van der Waals surface area (Å²) in [5.74, 6) is -1.81. The number of carbonyl (C=O) groups is 4. The first kappa shape index (κ1) is 20.4. The number of hydrogen-bond donors (Lipinski definition) is 2. The van der Waals surface area contributed by atoms with Gasteiger partial charge in [-0.25, -0.2) is 4.79 Å².